The lowest BCUT2D eigenvalue weighted by molar-refractivity contribution is 0.180. The van der Waals surface area contributed by atoms with Crippen LogP contribution in [0.1, 0.15) is 17.7 Å². The van der Waals surface area contributed by atoms with Gasteiger partial charge in [0.1, 0.15) is 11.3 Å². The average molecular weight is 474 g/mol. The minimum atomic E-state index is 0. The minimum Gasteiger partial charge on any atom is -0.459 e. The molecule has 0 aliphatic rings. The predicted molar refractivity (Wildman–Crippen MR) is 119 cm³/mol. The molecule has 0 spiro atoms. The first kappa shape index (κ1) is 22.7. The van der Waals surface area contributed by atoms with Crippen LogP contribution in [0.25, 0.3) is 11.0 Å². The normalized spacial score (nSPS) is 11.7. The first-order valence-electron chi connectivity index (χ1n) is 8.74. The smallest absolute Gasteiger partial charge is 0.191 e. The van der Waals surface area contributed by atoms with Crippen molar-refractivity contribution < 1.29 is 9.15 Å². The van der Waals surface area contributed by atoms with Gasteiger partial charge in [0.2, 0.25) is 0 Å². The number of ether oxygens (including phenoxy) is 1. The van der Waals surface area contributed by atoms with Crippen LogP contribution in [0.4, 0.5) is 0 Å². The second kappa shape index (κ2) is 12.1. The molecule has 2 aromatic rings. The molecule has 26 heavy (non-hydrogen) atoms. The van der Waals surface area contributed by atoms with E-state index < -0.39 is 0 Å². The van der Waals surface area contributed by atoms with E-state index in [1.54, 1.807) is 14.2 Å². The van der Waals surface area contributed by atoms with Crippen molar-refractivity contribution in [2.75, 3.05) is 47.4 Å². The zero-order chi connectivity index (χ0) is 18.1. The summed E-state index contributed by atoms with van der Waals surface area (Å²) < 4.78 is 11.0. The third kappa shape index (κ3) is 6.77. The van der Waals surface area contributed by atoms with Crippen LogP contribution in [0.2, 0.25) is 0 Å². The molecule has 1 heterocycles. The van der Waals surface area contributed by atoms with Crippen molar-refractivity contribution in [2.45, 2.75) is 19.9 Å². The number of fused-ring (bicyclic) bond motifs is 1. The van der Waals surface area contributed by atoms with Gasteiger partial charge >= 0.3 is 0 Å². The summed E-state index contributed by atoms with van der Waals surface area (Å²) in [6.45, 7) is 6.33. The van der Waals surface area contributed by atoms with Crippen molar-refractivity contribution in [1.29, 1.82) is 0 Å². The lowest BCUT2D eigenvalue weighted by atomic mass is 10.1. The minimum absolute atomic E-state index is 0. The molecule has 0 saturated carbocycles. The monoisotopic (exact) mass is 474 g/mol. The Morgan fingerprint density at radius 3 is 2.69 bits per heavy atom. The van der Waals surface area contributed by atoms with Crippen molar-refractivity contribution in [3.8, 4) is 0 Å². The molecule has 2 rings (SSSR count). The molecule has 0 saturated heterocycles. The Balaban J connectivity index is 0.00000338. The first-order chi connectivity index (χ1) is 12.2. The molecule has 2 N–H and O–H groups in total. The molecule has 6 nitrogen and oxygen atoms in total. The van der Waals surface area contributed by atoms with E-state index in [9.17, 15) is 0 Å². The summed E-state index contributed by atoms with van der Waals surface area (Å²) in [6.07, 6.45) is 1.05. The first-order valence-corrected chi connectivity index (χ1v) is 8.74. The number of benzene rings is 1. The summed E-state index contributed by atoms with van der Waals surface area (Å²) in [4.78, 5) is 6.55. The molecule has 0 aliphatic carbocycles. The van der Waals surface area contributed by atoms with E-state index in [1.165, 1.54) is 10.9 Å². The number of aliphatic imine (C=N–C) groups is 1. The fraction of sp³-hybridized carbons (Fsp3) is 0.526. The van der Waals surface area contributed by atoms with Crippen LogP contribution in [-0.4, -0.2) is 58.3 Å². The quantitative estimate of drug-likeness (QED) is 0.253. The zero-order valence-corrected chi connectivity index (χ0v) is 18.5. The molecule has 146 valence electrons. The van der Waals surface area contributed by atoms with E-state index in [0.29, 0.717) is 6.54 Å². The number of rotatable bonds is 9. The standard InChI is InChI=1S/C19H30N4O2.HI/c1-15-16-8-5-6-9-17(16)25-18(15)14-22-19(20-2)21-10-12-23(3)11-7-13-24-4;/h5-6,8-9H,7,10-14H2,1-4H3,(H2,20,21,22);1H. The number of hydrogen-bond donors (Lipinski definition) is 2. The number of likely N-dealkylation sites (N-methyl/N-ethyl adjacent to an activating group) is 1. The van der Waals surface area contributed by atoms with E-state index in [4.69, 9.17) is 9.15 Å². The number of hydrogen-bond acceptors (Lipinski definition) is 4. The van der Waals surface area contributed by atoms with Crippen LogP contribution in [0.3, 0.4) is 0 Å². The third-order valence-corrected chi connectivity index (χ3v) is 4.26. The number of nitrogens with zero attached hydrogens (tertiary/aromatic N) is 2. The number of halogens is 1. The third-order valence-electron chi connectivity index (χ3n) is 4.26. The molecule has 1 aromatic carbocycles. The second-order valence-electron chi connectivity index (χ2n) is 6.15. The fourth-order valence-electron chi connectivity index (χ4n) is 2.73. The molecular formula is C19H31IN4O2. The number of methoxy groups -OCH3 is 1. The van der Waals surface area contributed by atoms with Crippen LogP contribution < -0.4 is 10.6 Å². The van der Waals surface area contributed by atoms with Crippen molar-refractivity contribution in [3.63, 3.8) is 0 Å². The summed E-state index contributed by atoms with van der Waals surface area (Å²) in [7, 11) is 5.63. The Morgan fingerprint density at radius 1 is 1.23 bits per heavy atom. The van der Waals surface area contributed by atoms with Crippen LogP contribution in [-0.2, 0) is 11.3 Å². The van der Waals surface area contributed by atoms with Gasteiger partial charge in [-0.05, 0) is 26.5 Å². The van der Waals surface area contributed by atoms with Gasteiger partial charge in [-0.1, -0.05) is 18.2 Å². The van der Waals surface area contributed by atoms with Gasteiger partial charge in [0, 0.05) is 51.3 Å². The van der Waals surface area contributed by atoms with Crippen molar-refractivity contribution in [3.05, 3.63) is 35.6 Å². The van der Waals surface area contributed by atoms with Crippen LogP contribution in [0.15, 0.2) is 33.7 Å². The maximum absolute atomic E-state index is 5.93. The molecule has 0 radical (unpaired) electrons. The number of para-hydroxylation sites is 1. The van der Waals surface area contributed by atoms with Gasteiger partial charge in [0.05, 0.1) is 6.54 Å². The Labute approximate surface area is 173 Å². The van der Waals surface area contributed by atoms with Crippen LogP contribution >= 0.6 is 24.0 Å². The molecular weight excluding hydrogens is 443 g/mol. The highest BCUT2D eigenvalue weighted by Gasteiger charge is 2.10. The second-order valence-corrected chi connectivity index (χ2v) is 6.15. The van der Waals surface area contributed by atoms with Gasteiger partial charge in [-0.2, -0.15) is 0 Å². The zero-order valence-electron chi connectivity index (χ0n) is 16.2. The largest absolute Gasteiger partial charge is 0.459 e. The molecule has 7 heteroatoms. The molecule has 1 aromatic heterocycles. The summed E-state index contributed by atoms with van der Waals surface area (Å²) in [5.74, 6) is 1.73. The summed E-state index contributed by atoms with van der Waals surface area (Å²) in [5, 5.41) is 7.83. The Morgan fingerprint density at radius 2 is 2.00 bits per heavy atom. The highest BCUT2D eigenvalue weighted by molar-refractivity contribution is 14.0. The van der Waals surface area contributed by atoms with Gasteiger partial charge in [-0.25, -0.2) is 0 Å². The van der Waals surface area contributed by atoms with Gasteiger partial charge in [0.15, 0.2) is 5.96 Å². The number of nitrogens with one attached hydrogen (secondary N) is 2. The number of furan rings is 1. The van der Waals surface area contributed by atoms with Gasteiger partial charge in [0.25, 0.3) is 0 Å². The van der Waals surface area contributed by atoms with Gasteiger partial charge < -0.3 is 24.7 Å². The summed E-state index contributed by atoms with van der Waals surface area (Å²) >= 11 is 0. The summed E-state index contributed by atoms with van der Waals surface area (Å²) in [6, 6.07) is 8.11. The number of aryl methyl sites for hydroxylation is 1. The van der Waals surface area contributed by atoms with E-state index in [2.05, 4.69) is 40.6 Å². The Hall–Kier alpha value is -1.32. The molecule has 0 unspecified atom stereocenters. The number of guanidine groups is 1. The van der Waals surface area contributed by atoms with Gasteiger partial charge in [-0.3, -0.25) is 4.99 Å². The Kier molecular flexibility index (Phi) is 10.6. The van der Waals surface area contributed by atoms with E-state index in [0.717, 1.165) is 50.0 Å². The van der Waals surface area contributed by atoms with Crippen molar-refractivity contribution >= 4 is 40.9 Å². The molecule has 0 aliphatic heterocycles. The SMILES string of the molecule is CN=C(NCCN(C)CCCOC)NCc1oc2ccccc2c1C.I. The lowest BCUT2D eigenvalue weighted by Crippen LogP contribution is -2.40. The average Bonchev–Trinajstić information content (AvgIpc) is 2.94. The predicted octanol–water partition coefficient (Wildman–Crippen LogP) is 2.99. The van der Waals surface area contributed by atoms with E-state index in [1.807, 2.05) is 18.2 Å². The molecule has 0 fully saturated rings. The lowest BCUT2D eigenvalue weighted by Gasteiger charge is -2.18. The van der Waals surface area contributed by atoms with Gasteiger partial charge in [-0.15, -0.1) is 24.0 Å². The maximum Gasteiger partial charge on any atom is 0.191 e. The fourth-order valence-corrected chi connectivity index (χ4v) is 2.73. The Bertz CT molecular complexity index is 687. The highest BCUT2D eigenvalue weighted by atomic mass is 127. The highest BCUT2D eigenvalue weighted by Crippen LogP contribution is 2.24. The van der Waals surface area contributed by atoms with E-state index in [-0.39, 0.29) is 24.0 Å². The van der Waals surface area contributed by atoms with Crippen LogP contribution in [0, 0.1) is 6.92 Å². The summed E-state index contributed by atoms with van der Waals surface area (Å²) in [5.41, 5.74) is 2.11. The topological polar surface area (TPSA) is 62.0 Å². The molecule has 0 atom stereocenters. The van der Waals surface area contributed by atoms with Crippen molar-refractivity contribution in [2.24, 2.45) is 4.99 Å². The molecule has 0 amide bonds. The van der Waals surface area contributed by atoms with E-state index >= 15 is 0 Å². The molecule has 0 bridgehead atoms. The van der Waals surface area contributed by atoms with Crippen LogP contribution in [0.5, 0.6) is 0 Å². The van der Waals surface area contributed by atoms with Crippen molar-refractivity contribution in [1.82, 2.24) is 15.5 Å². The maximum atomic E-state index is 5.93.